The first kappa shape index (κ1) is 13.9. The fraction of sp³-hybridized carbons (Fsp3) is 0.200. The molecule has 1 heterocycles. The second-order valence-corrected chi connectivity index (χ2v) is 4.37. The van der Waals surface area contributed by atoms with Gasteiger partial charge in [0.1, 0.15) is 11.4 Å². The molecule has 1 N–H and O–H groups in total. The minimum Gasteiger partial charge on any atom is -0.497 e. The minimum absolute atomic E-state index is 0.148. The topological polar surface area (TPSA) is 64.4 Å². The van der Waals surface area contributed by atoms with Crippen LogP contribution in [0.3, 0.4) is 0 Å². The SMILES string of the molecule is C=CCn1nc(-c2ccc(OC)cc2C)cc1C(=O)O. The number of aromatic carboxylic acids is 1. The quantitative estimate of drug-likeness (QED) is 0.850. The molecule has 0 radical (unpaired) electrons. The van der Waals surface area contributed by atoms with Crippen molar-refractivity contribution in [1.82, 2.24) is 9.78 Å². The molecule has 1 aromatic heterocycles. The first-order valence-electron chi connectivity index (χ1n) is 6.14. The first-order valence-corrected chi connectivity index (χ1v) is 6.14. The maximum absolute atomic E-state index is 11.2. The van der Waals surface area contributed by atoms with Crippen LogP contribution in [0, 0.1) is 6.92 Å². The molecule has 20 heavy (non-hydrogen) atoms. The predicted molar refractivity (Wildman–Crippen MR) is 76.1 cm³/mol. The lowest BCUT2D eigenvalue weighted by Crippen LogP contribution is -2.08. The summed E-state index contributed by atoms with van der Waals surface area (Å²) in [6, 6.07) is 7.17. The van der Waals surface area contributed by atoms with E-state index in [0.717, 1.165) is 16.9 Å². The van der Waals surface area contributed by atoms with E-state index in [0.29, 0.717) is 12.2 Å². The molecule has 2 aromatic rings. The highest BCUT2D eigenvalue weighted by atomic mass is 16.5. The molecule has 0 spiro atoms. The summed E-state index contributed by atoms with van der Waals surface area (Å²) in [6.07, 6.45) is 1.62. The van der Waals surface area contributed by atoms with Gasteiger partial charge in [-0.05, 0) is 36.8 Å². The van der Waals surface area contributed by atoms with Crippen LogP contribution in [0.25, 0.3) is 11.3 Å². The number of rotatable bonds is 5. The van der Waals surface area contributed by atoms with Crippen LogP contribution in [0.2, 0.25) is 0 Å². The number of hydrogen-bond acceptors (Lipinski definition) is 3. The summed E-state index contributed by atoms with van der Waals surface area (Å²) in [5.74, 6) is -0.244. The number of aromatic nitrogens is 2. The van der Waals surface area contributed by atoms with Gasteiger partial charge in [-0.2, -0.15) is 5.10 Å². The zero-order valence-corrected chi connectivity index (χ0v) is 11.5. The van der Waals surface area contributed by atoms with E-state index >= 15 is 0 Å². The van der Waals surface area contributed by atoms with Gasteiger partial charge in [-0.25, -0.2) is 4.79 Å². The Hall–Kier alpha value is -2.56. The van der Waals surface area contributed by atoms with Crippen LogP contribution in [0.4, 0.5) is 0 Å². The summed E-state index contributed by atoms with van der Waals surface area (Å²) >= 11 is 0. The molecular formula is C15H16N2O3. The Labute approximate surface area is 117 Å². The van der Waals surface area contributed by atoms with Gasteiger partial charge >= 0.3 is 5.97 Å². The third-order valence-electron chi connectivity index (χ3n) is 3.01. The maximum atomic E-state index is 11.2. The van der Waals surface area contributed by atoms with Gasteiger partial charge in [-0.3, -0.25) is 4.68 Å². The minimum atomic E-state index is -1.00. The zero-order valence-electron chi connectivity index (χ0n) is 11.5. The van der Waals surface area contributed by atoms with E-state index in [-0.39, 0.29) is 5.69 Å². The van der Waals surface area contributed by atoms with Gasteiger partial charge in [-0.15, -0.1) is 6.58 Å². The van der Waals surface area contributed by atoms with Crippen molar-refractivity contribution < 1.29 is 14.6 Å². The molecule has 0 amide bonds. The number of carboxylic acids is 1. The number of benzene rings is 1. The molecule has 0 aliphatic heterocycles. The number of carboxylic acid groups (broad SMARTS) is 1. The van der Waals surface area contributed by atoms with Gasteiger partial charge < -0.3 is 9.84 Å². The Balaban J connectivity index is 2.50. The van der Waals surface area contributed by atoms with Crippen molar-refractivity contribution in [3.63, 3.8) is 0 Å². The van der Waals surface area contributed by atoms with Crippen LogP contribution >= 0.6 is 0 Å². The summed E-state index contributed by atoms with van der Waals surface area (Å²) in [6.45, 7) is 5.90. The molecule has 0 fully saturated rings. The summed E-state index contributed by atoms with van der Waals surface area (Å²) in [5.41, 5.74) is 2.64. The molecule has 0 aliphatic carbocycles. The predicted octanol–water partition coefficient (Wildman–Crippen LogP) is 2.75. The van der Waals surface area contributed by atoms with Gasteiger partial charge in [0.15, 0.2) is 0 Å². The molecule has 0 aliphatic rings. The molecule has 0 saturated heterocycles. The normalized spacial score (nSPS) is 10.3. The molecule has 0 bridgehead atoms. The molecular weight excluding hydrogens is 256 g/mol. The van der Waals surface area contributed by atoms with Crippen molar-refractivity contribution in [3.05, 3.63) is 48.2 Å². The van der Waals surface area contributed by atoms with Crippen molar-refractivity contribution >= 4 is 5.97 Å². The Kier molecular flexibility index (Phi) is 3.89. The molecule has 104 valence electrons. The smallest absolute Gasteiger partial charge is 0.354 e. The van der Waals surface area contributed by atoms with Crippen LogP contribution in [-0.2, 0) is 6.54 Å². The lowest BCUT2D eigenvalue weighted by atomic mass is 10.1. The van der Waals surface area contributed by atoms with Crippen LogP contribution in [0.1, 0.15) is 16.1 Å². The molecule has 0 atom stereocenters. The number of ether oxygens (including phenoxy) is 1. The van der Waals surface area contributed by atoms with E-state index in [4.69, 9.17) is 4.74 Å². The number of methoxy groups -OCH3 is 1. The number of carbonyl (C=O) groups is 1. The van der Waals surface area contributed by atoms with Crippen molar-refractivity contribution in [2.45, 2.75) is 13.5 Å². The highest BCUT2D eigenvalue weighted by Crippen LogP contribution is 2.26. The maximum Gasteiger partial charge on any atom is 0.354 e. The standard InChI is InChI=1S/C15H16N2O3/c1-4-7-17-14(15(18)19)9-13(16-17)12-6-5-11(20-3)8-10(12)2/h4-6,8-9H,1,7H2,2-3H3,(H,18,19). The number of nitrogens with zero attached hydrogens (tertiary/aromatic N) is 2. The Morgan fingerprint density at radius 1 is 1.50 bits per heavy atom. The van der Waals surface area contributed by atoms with Gasteiger partial charge in [-0.1, -0.05) is 6.08 Å². The molecule has 0 saturated carbocycles. The van der Waals surface area contributed by atoms with Crippen molar-refractivity contribution in [1.29, 1.82) is 0 Å². The van der Waals surface area contributed by atoms with Gasteiger partial charge in [0.2, 0.25) is 0 Å². The second kappa shape index (κ2) is 5.61. The lowest BCUT2D eigenvalue weighted by molar-refractivity contribution is 0.0684. The van der Waals surface area contributed by atoms with E-state index < -0.39 is 5.97 Å². The van der Waals surface area contributed by atoms with Gasteiger partial charge in [0.25, 0.3) is 0 Å². The summed E-state index contributed by atoms with van der Waals surface area (Å²) < 4.78 is 6.58. The summed E-state index contributed by atoms with van der Waals surface area (Å²) in [4.78, 5) is 11.2. The fourth-order valence-electron chi connectivity index (χ4n) is 2.03. The van der Waals surface area contributed by atoms with E-state index in [9.17, 15) is 9.90 Å². The number of hydrogen-bond donors (Lipinski definition) is 1. The van der Waals surface area contributed by atoms with Gasteiger partial charge in [0.05, 0.1) is 19.3 Å². The fourth-order valence-corrected chi connectivity index (χ4v) is 2.03. The largest absolute Gasteiger partial charge is 0.497 e. The zero-order chi connectivity index (χ0) is 14.7. The molecule has 5 nitrogen and oxygen atoms in total. The number of aryl methyl sites for hydroxylation is 1. The van der Waals surface area contributed by atoms with Crippen molar-refractivity contribution in [3.8, 4) is 17.0 Å². The van der Waals surface area contributed by atoms with Crippen LogP contribution in [0.5, 0.6) is 5.75 Å². The molecule has 0 unspecified atom stereocenters. The third-order valence-corrected chi connectivity index (χ3v) is 3.01. The average Bonchev–Trinajstić information content (AvgIpc) is 2.83. The highest BCUT2D eigenvalue weighted by molar-refractivity contribution is 5.87. The average molecular weight is 272 g/mol. The van der Waals surface area contributed by atoms with E-state index in [2.05, 4.69) is 11.7 Å². The lowest BCUT2D eigenvalue weighted by Gasteiger charge is -2.05. The monoisotopic (exact) mass is 272 g/mol. The van der Waals surface area contributed by atoms with Gasteiger partial charge in [0, 0.05) is 5.56 Å². The molecule has 2 rings (SSSR count). The number of allylic oxidation sites excluding steroid dienone is 1. The molecule has 5 heteroatoms. The Morgan fingerprint density at radius 3 is 2.80 bits per heavy atom. The Bertz CT molecular complexity index is 659. The van der Waals surface area contributed by atoms with Crippen LogP contribution in [-0.4, -0.2) is 28.0 Å². The Morgan fingerprint density at radius 2 is 2.25 bits per heavy atom. The van der Waals surface area contributed by atoms with Crippen molar-refractivity contribution in [2.24, 2.45) is 0 Å². The first-order chi connectivity index (χ1) is 9.56. The van der Waals surface area contributed by atoms with E-state index in [1.807, 2.05) is 25.1 Å². The summed E-state index contributed by atoms with van der Waals surface area (Å²) in [7, 11) is 1.61. The van der Waals surface area contributed by atoms with Crippen LogP contribution < -0.4 is 4.74 Å². The highest BCUT2D eigenvalue weighted by Gasteiger charge is 2.15. The second-order valence-electron chi connectivity index (χ2n) is 4.37. The van der Waals surface area contributed by atoms with Crippen molar-refractivity contribution in [2.75, 3.05) is 7.11 Å². The van der Waals surface area contributed by atoms with Crippen LogP contribution in [0.15, 0.2) is 36.9 Å². The molecule has 1 aromatic carbocycles. The van der Waals surface area contributed by atoms with E-state index in [1.54, 1.807) is 19.3 Å². The third kappa shape index (κ3) is 2.56. The summed E-state index contributed by atoms with van der Waals surface area (Å²) in [5, 5.41) is 13.5. The van der Waals surface area contributed by atoms with E-state index in [1.165, 1.54) is 4.68 Å².